The maximum Gasteiger partial charge on any atom is 0.310 e. The number of thioether (sulfide) groups is 1. The Labute approximate surface area is 169 Å². The first-order valence-electron chi connectivity index (χ1n) is 8.41. The van der Waals surface area contributed by atoms with Crippen molar-refractivity contribution in [3.05, 3.63) is 46.0 Å². The Bertz CT molecular complexity index is 855. The molecule has 2 heterocycles. The molecule has 6 nitrogen and oxygen atoms in total. The Morgan fingerprint density at radius 1 is 1.26 bits per heavy atom. The average molecular weight is 427 g/mol. The molecule has 2 aliphatic heterocycles. The zero-order chi connectivity index (χ0) is 19.2. The van der Waals surface area contributed by atoms with Crippen LogP contribution in [0.1, 0.15) is 12.0 Å². The van der Waals surface area contributed by atoms with E-state index in [1.54, 1.807) is 42.1 Å². The highest BCUT2D eigenvalue weighted by molar-refractivity contribution is 7.99. The fourth-order valence-corrected chi connectivity index (χ4v) is 5.64. The molecule has 0 saturated carbocycles. The number of hydrogen-bond acceptors (Lipinski definition) is 5. The number of nitrogens with zero attached hydrogens (tertiary/aromatic N) is 1. The van der Waals surface area contributed by atoms with Gasteiger partial charge in [-0.05, 0) is 24.6 Å². The molecule has 3 aliphatic rings. The largest absolute Gasteiger partial charge is 0.481 e. The van der Waals surface area contributed by atoms with Crippen molar-refractivity contribution in [3.63, 3.8) is 0 Å². The highest BCUT2D eigenvalue weighted by Gasteiger charge is 2.58. The number of hydrogen-bond donors (Lipinski definition) is 2. The topological polar surface area (TPSA) is 88.0 Å². The first kappa shape index (κ1) is 18.7. The summed E-state index contributed by atoms with van der Waals surface area (Å²) < 4.78 is 0. The Morgan fingerprint density at radius 2 is 2.00 bits per heavy atom. The Balaban J connectivity index is 1.53. The molecule has 142 valence electrons. The third kappa shape index (κ3) is 3.32. The minimum Gasteiger partial charge on any atom is -0.481 e. The molecule has 4 atom stereocenters. The van der Waals surface area contributed by atoms with E-state index in [-0.39, 0.29) is 17.9 Å². The van der Waals surface area contributed by atoms with E-state index in [0.717, 1.165) is 5.56 Å². The summed E-state index contributed by atoms with van der Waals surface area (Å²) in [5.41, 5.74) is 0.301. The molecular formula is C18H16Cl2N2O4S. The van der Waals surface area contributed by atoms with E-state index in [0.29, 0.717) is 33.7 Å². The van der Waals surface area contributed by atoms with Gasteiger partial charge >= 0.3 is 5.97 Å². The standard InChI is InChI=1S/C18H16Cl2N2O4S/c19-11-3-10(4-12(20)6-11)15-14-7-27-8-18(14,26-22-15)17(25)21-13-2-1-9(5-13)16(23)24/h1-4,6,9,13-14H,5,7-8H2,(H,21,25)(H,23,24)/t9-,13+,14?,18?/m1/s1. The number of benzene rings is 1. The zero-order valence-corrected chi connectivity index (χ0v) is 16.4. The molecule has 0 spiro atoms. The minimum atomic E-state index is -1.09. The minimum absolute atomic E-state index is 0.224. The molecular weight excluding hydrogens is 411 g/mol. The summed E-state index contributed by atoms with van der Waals surface area (Å²) >= 11 is 13.8. The van der Waals surface area contributed by atoms with Crippen molar-refractivity contribution in [1.82, 2.24) is 5.32 Å². The van der Waals surface area contributed by atoms with E-state index in [4.69, 9.17) is 33.1 Å². The van der Waals surface area contributed by atoms with Crippen molar-refractivity contribution in [3.8, 4) is 0 Å². The number of carbonyl (C=O) groups is 2. The lowest BCUT2D eigenvalue weighted by Gasteiger charge is -2.26. The van der Waals surface area contributed by atoms with Crippen LogP contribution in [0, 0.1) is 11.8 Å². The summed E-state index contributed by atoms with van der Waals surface area (Å²) in [4.78, 5) is 29.8. The molecule has 2 unspecified atom stereocenters. The predicted octanol–water partition coefficient (Wildman–Crippen LogP) is 2.98. The van der Waals surface area contributed by atoms with Gasteiger partial charge in [-0.25, -0.2) is 0 Å². The molecule has 1 saturated heterocycles. The van der Waals surface area contributed by atoms with Crippen LogP contribution in [0.25, 0.3) is 0 Å². The van der Waals surface area contributed by atoms with Crippen LogP contribution >= 0.6 is 35.0 Å². The van der Waals surface area contributed by atoms with Gasteiger partial charge in [-0.3, -0.25) is 9.59 Å². The number of carboxylic acids is 1. The predicted molar refractivity (Wildman–Crippen MR) is 104 cm³/mol. The number of halogens is 2. The quantitative estimate of drug-likeness (QED) is 0.722. The smallest absolute Gasteiger partial charge is 0.310 e. The van der Waals surface area contributed by atoms with E-state index in [9.17, 15) is 9.59 Å². The van der Waals surface area contributed by atoms with Crippen molar-refractivity contribution in [2.24, 2.45) is 17.0 Å². The van der Waals surface area contributed by atoms with Crippen LogP contribution in [0.4, 0.5) is 0 Å². The molecule has 1 aliphatic carbocycles. The van der Waals surface area contributed by atoms with E-state index in [1.807, 2.05) is 0 Å². The molecule has 0 aromatic heterocycles. The van der Waals surface area contributed by atoms with Gasteiger partial charge in [-0.1, -0.05) is 40.5 Å². The lowest BCUT2D eigenvalue weighted by Crippen LogP contribution is -2.54. The Morgan fingerprint density at radius 3 is 2.67 bits per heavy atom. The molecule has 1 fully saturated rings. The molecule has 1 aromatic carbocycles. The van der Waals surface area contributed by atoms with Crippen LogP contribution in [0.2, 0.25) is 10.0 Å². The maximum absolute atomic E-state index is 13.0. The molecule has 9 heteroatoms. The second-order valence-electron chi connectivity index (χ2n) is 6.83. The maximum atomic E-state index is 13.0. The third-order valence-electron chi connectivity index (χ3n) is 5.06. The number of carbonyl (C=O) groups excluding carboxylic acids is 1. The normalized spacial score (nSPS) is 31.3. The number of rotatable bonds is 4. The molecule has 0 bridgehead atoms. The van der Waals surface area contributed by atoms with Crippen LogP contribution < -0.4 is 5.32 Å². The van der Waals surface area contributed by atoms with E-state index in [1.165, 1.54) is 0 Å². The van der Waals surface area contributed by atoms with Gasteiger partial charge in [0.1, 0.15) is 0 Å². The highest BCUT2D eigenvalue weighted by atomic mass is 35.5. The summed E-state index contributed by atoms with van der Waals surface area (Å²) in [6, 6.07) is 4.82. The summed E-state index contributed by atoms with van der Waals surface area (Å²) in [6.07, 6.45) is 3.67. The van der Waals surface area contributed by atoms with Gasteiger partial charge < -0.3 is 15.3 Å². The fraction of sp³-hybridized carbons (Fsp3) is 0.389. The number of amides is 1. The number of carboxylic acid groups (broad SMARTS) is 1. The van der Waals surface area contributed by atoms with Gasteiger partial charge in [-0.15, -0.1) is 0 Å². The summed E-state index contributed by atoms with van der Waals surface area (Å²) in [5, 5.41) is 17.2. The number of nitrogens with one attached hydrogen (secondary N) is 1. The molecule has 0 radical (unpaired) electrons. The molecule has 2 N–H and O–H groups in total. The fourth-order valence-electron chi connectivity index (χ4n) is 3.65. The SMILES string of the molecule is O=C(O)[C@@H]1C=C[C@H](NC(=O)C23CSCC2C(c2cc(Cl)cc(Cl)c2)=NO3)C1. The first-order valence-corrected chi connectivity index (χ1v) is 10.3. The number of fused-ring (bicyclic) bond motifs is 1. The first-order chi connectivity index (χ1) is 12.9. The molecule has 1 aromatic rings. The monoisotopic (exact) mass is 426 g/mol. The van der Waals surface area contributed by atoms with Gasteiger partial charge in [0.2, 0.25) is 5.60 Å². The van der Waals surface area contributed by atoms with E-state index in [2.05, 4.69) is 10.5 Å². The van der Waals surface area contributed by atoms with E-state index >= 15 is 0 Å². The second-order valence-corrected chi connectivity index (χ2v) is 8.73. The lowest BCUT2D eigenvalue weighted by atomic mass is 9.84. The van der Waals surface area contributed by atoms with Crippen LogP contribution in [-0.4, -0.2) is 45.8 Å². The van der Waals surface area contributed by atoms with Gasteiger partial charge in [0.05, 0.1) is 17.5 Å². The highest BCUT2D eigenvalue weighted by Crippen LogP contribution is 2.44. The summed E-state index contributed by atoms with van der Waals surface area (Å²) in [5.74, 6) is -0.802. The van der Waals surface area contributed by atoms with Crippen LogP contribution in [0.5, 0.6) is 0 Å². The molecule has 1 amide bonds. The number of oxime groups is 1. The van der Waals surface area contributed by atoms with Crippen LogP contribution in [0.15, 0.2) is 35.5 Å². The van der Waals surface area contributed by atoms with Crippen molar-refractivity contribution >= 4 is 52.6 Å². The summed E-state index contributed by atoms with van der Waals surface area (Å²) in [7, 11) is 0. The second kappa shape index (κ2) is 7.04. The third-order valence-corrected chi connectivity index (χ3v) is 6.70. The van der Waals surface area contributed by atoms with Crippen molar-refractivity contribution in [2.75, 3.05) is 11.5 Å². The van der Waals surface area contributed by atoms with Crippen molar-refractivity contribution in [1.29, 1.82) is 0 Å². The average Bonchev–Trinajstić information content (AvgIpc) is 3.28. The van der Waals surface area contributed by atoms with Crippen LogP contribution in [-0.2, 0) is 14.4 Å². The van der Waals surface area contributed by atoms with Gasteiger partial charge in [-0.2, -0.15) is 11.8 Å². The lowest BCUT2D eigenvalue weighted by molar-refractivity contribution is -0.145. The molecule has 27 heavy (non-hydrogen) atoms. The van der Waals surface area contributed by atoms with Gasteiger partial charge in [0.25, 0.3) is 5.91 Å². The van der Waals surface area contributed by atoms with Crippen molar-refractivity contribution in [2.45, 2.75) is 18.1 Å². The van der Waals surface area contributed by atoms with Crippen LogP contribution in [0.3, 0.4) is 0 Å². The number of aliphatic carboxylic acids is 1. The Hall–Kier alpha value is -1.70. The van der Waals surface area contributed by atoms with Crippen molar-refractivity contribution < 1.29 is 19.5 Å². The Kier molecular flexibility index (Phi) is 4.86. The summed E-state index contributed by atoms with van der Waals surface area (Å²) in [6.45, 7) is 0. The molecule has 4 rings (SSSR count). The van der Waals surface area contributed by atoms with E-state index < -0.39 is 17.5 Å². The van der Waals surface area contributed by atoms with Gasteiger partial charge in [0.15, 0.2) is 0 Å². The zero-order valence-electron chi connectivity index (χ0n) is 14.0. The van der Waals surface area contributed by atoms with Gasteiger partial charge in [0, 0.05) is 33.2 Å².